The lowest BCUT2D eigenvalue weighted by Crippen LogP contribution is -2.34. The number of hydrogen-bond donors (Lipinski definition) is 1. The summed E-state index contributed by atoms with van der Waals surface area (Å²) in [5.74, 6) is -0.495. The largest absolute Gasteiger partial charge is 0.508 e. The van der Waals surface area contributed by atoms with Crippen LogP contribution in [0.5, 0.6) is 5.75 Å². The molecule has 0 fully saturated rings. The Balaban J connectivity index is 1.71. The average molecular weight is 470 g/mol. The number of phenols is 1. The molecule has 1 N–H and O–H groups in total. The molecule has 0 radical (unpaired) electrons. The van der Waals surface area contributed by atoms with Crippen LogP contribution >= 0.6 is 15.9 Å². The molecule has 3 nitrogen and oxygen atoms in total. The smallest absolute Gasteiger partial charge is 0.240 e. The highest BCUT2D eigenvalue weighted by atomic mass is 79.9. The first-order valence-corrected chi connectivity index (χ1v) is 10.9. The SMILES string of the molecule is O=C1C(c2cc(Br)ccc2O)c2ccccc2N1C(c1ccccc1)c1ccccc1. The molecule has 1 amide bonds. The molecule has 0 aliphatic carbocycles. The third-order valence-electron chi connectivity index (χ3n) is 5.78. The van der Waals surface area contributed by atoms with Crippen LogP contribution in [-0.2, 0) is 4.79 Å². The maximum Gasteiger partial charge on any atom is 0.240 e. The average Bonchev–Trinajstić information content (AvgIpc) is 3.09. The highest BCUT2D eigenvalue weighted by molar-refractivity contribution is 9.10. The fraction of sp³-hybridized carbons (Fsp3) is 0.0741. The Morgan fingerprint density at radius 3 is 1.97 bits per heavy atom. The van der Waals surface area contributed by atoms with E-state index in [-0.39, 0.29) is 17.7 Å². The number of aromatic hydroxyl groups is 1. The topological polar surface area (TPSA) is 40.5 Å². The first-order valence-electron chi connectivity index (χ1n) is 10.2. The van der Waals surface area contributed by atoms with Gasteiger partial charge in [0.15, 0.2) is 0 Å². The van der Waals surface area contributed by atoms with Crippen molar-refractivity contribution in [3.63, 3.8) is 0 Å². The zero-order chi connectivity index (χ0) is 21.4. The molecular weight excluding hydrogens is 450 g/mol. The van der Waals surface area contributed by atoms with Crippen molar-refractivity contribution in [2.24, 2.45) is 0 Å². The van der Waals surface area contributed by atoms with Gasteiger partial charge in [-0.15, -0.1) is 0 Å². The molecule has 4 aromatic carbocycles. The molecule has 5 rings (SSSR count). The molecule has 0 aromatic heterocycles. The van der Waals surface area contributed by atoms with Gasteiger partial charge in [0.1, 0.15) is 5.75 Å². The first kappa shape index (κ1) is 19.6. The number of carbonyl (C=O) groups is 1. The predicted molar refractivity (Wildman–Crippen MR) is 126 cm³/mol. The highest BCUT2D eigenvalue weighted by Crippen LogP contribution is 2.48. The van der Waals surface area contributed by atoms with E-state index in [1.807, 2.05) is 71.6 Å². The molecule has 152 valence electrons. The maximum atomic E-state index is 14.0. The third-order valence-corrected chi connectivity index (χ3v) is 6.27. The minimum absolute atomic E-state index is 0.0488. The molecule has 0 saturated carbocycles. The normalized spacial score (nSPS) is 15.4. The number of rotatable bonds is 4. The summed E-state index contributed by atoms with van der Waals surface area (Å²) in [6.45, 7) is 0. The van der Waals surface area contributed by atoms with Crippen LogP contribution in [0.25, 0.3) is 0 Å². The molecule has 0 bridgehead atoms. The fourth-order valence-corrected chi connectivity index (χ4v) is 4.81. The van der Waals surface area contributed by atoms with Crippen molar-refractivity contribution in [3.8, 4) is 5.75 Å². The van der Waals surface area contributed by atoms with Gasteiger partial charge in [-0.25, -0.2) is 0 Å². The van der Waals surface area contributed by atoms with Crippen molar-refractivity contribution in [1.82, 2.24) is 0 Å². The van der Waals surface area contributed by atoms with E-state index in [0.29, 0.717) is 5.56 Å². The number of phenolic OH excluding ortho intramolecular Hbond substituents is 1. The lowest BCUT2D eigenvalue weighted by atomic mass is 9.92. The van der Waals surface area contributed by atoms with Gasteiger partial charge in [0, 0.05) is 15.7 Å². The monoisotopic (exact) mass is 469 g/mol. The zero-order valence-electron chi connectivity index (χ0n) is 16.7. The van der Waals surface area contributed by atoms with Crippen LogP contribution in [0.2, 0.25) is 0 Å². The predicted octanol–water partition coefficient (Wildman–Crippen LogP) is 6.42. The molecule has 1 atom stereocenters. The molecule has 1 unspecified atom stereocenters. The Morgan fingerprint density at radius 1 is 0.742 bits per heavy atom. The molecule has 1 aliphatic rings. The van der Waals surface area contributed by atoms with Crippen molar-refractivity contribution in [2.75, 3.05) is 4.90 Å². The van der Waals surface area contributed by atoms with Gasteiger partial charge >= 0.3 is 0 Å². The standard InChI is InChI=1S/C27H20BrNO2/c28-20-15-16-24(30)22(17-20)25-21-13-7-8-14-23(21)29(27(25)31)26(18-9-3-1-4-10-18)19-11-5-2-6-12-19/h1-17,25-26,30H. The number of fused-ring (bicyclic) bond motifs is 1. The number of nitrogens with zero attached hydrogens (tertiary/aromatic N) is 1. The van der Waals surface area contributed by atoms with Crippen LogP contribution < -0.4 is 4.90 Å². The molecule has 4 heteroatoms. The lowest BCUT2D eigenvalue weighted by molar-refractivity contribution is -0.118. The van der Waals surface area contributed by atoms with Crippen molar-refractivity contribution in [3.05, 3.63) is 130 Å². The number of para-hydroxylation sites is 1. The Morgan fingerprint density at radius 2 is 1.32 bits per heavy atom. The fourth-order valence-electron chi connectivity index (χ4n) is 4.43. The van der Waals surface area contributed by atoms with E-state index in [0.717, 1.165) is 26.9 Å². The number of anilines is 1. The summed E-state index contributed by atoms with van der Waals surface area (Å²) >= 11 is 3.48. The molecule has 1 heterocycles. The second-order valence-corrected chi connectivity index (χ2v) is 8.54. The van der Waals surface area contributed by atoms with Gasteiger partial charge < -0.3 is 5.11 Å². The van der Waals surface area contributed by atoms with Crippen LogP contribution in [0, 0.1) is 0 Å². The summed E-state index contributed by atoms with van der Waals surface area (Å²) in [5, 5.41) is 10.6. The maximum absolute atomic E-state index is 14.0. The number of carbonyl (C=O) groups excluding carboxylic acids is 1. The molecular formula is C27H20BrNO2. The van der Waals surface area contributed by atoms with Crippen LogP contribution in [0.4, 0.5) is 5.69 Å². The Bertz CT molecular complexity index is 1200. The van der Waals surface area contributed by atoms with E-state index < -0.39 is 5.92 Å². The van der Waals surface area contributed by atoms with Crippen LogP contribution in [0.1, 0.15) is 34.2 Å². The minimum Gasteiger partial charge on any atom is -0.508 e. The third kappa shape index (κ3) is 3.43. The second-order valence-electron chi connectivity index (χ2n) is 7.63. The van der Waals surface area contributed by atoms with Gasteiger partial charge in [0.2, 0.25) is 5.91 Å². The van der Waals surface area contributed by atoms with Crippen molar-refractivity contribution < 1.29 is 9.90 Å². The van der Waals surface area contributed by atoms with Gasteiger partial charge in [0.25, 0.3) is 0 Å². The van der Waals surface area contributed by atoms with E-state index in [1.54, 1.807) is 12.1 Å². The van der Waals surface area contributed by atoms with Gasteiger partial charge in [-0.05, 0) is 41.0 Å². The molecule has 1 aliphatic heterocycles. The van der Waals surface area contributed by atoms with E-state index in [9.17, 15) is 9.90 Å². The summed E-state index contributed by atoms with van der Waals surface area (Å²) in [6, 6.07) is 33.0. The first-order chi connectivity index (χ1) is 15.1. The summed E-state index contributed by atoms with van der Waals surface area (Å²) in [7, 11) is 0. The van der Waals surface area contributed by atoms with Crippen LogP contribution in [0.15, 0.2) is 108 Å². The molecule has 0 saturated heterocycles. The Labute approximate surface area is 189 Å². The number of amides is 1. The Hall–Kier alpha value is -3.37. The van der Waals surface area contributed by atoms with E-state index in [1.165, 1.54) is 0 Å². The van der Waals surface area contributed by atoms with Gasteiger partial charge in [0.05, 0.1) is 12.0 Å². The van der Waals surface area contributed by atoms with Gasteiger partial charge in [-0.2, -0.15) is 0 Å². The summed E-state index contributed by atoms with van der Waals surface area (Å²) < 4.78 is 0.826. The number of benzene rings is 4. The Kier molecular flexibility index (Phi) is 5.08. The van der Waals surface area contributed by atoms with Gasteiger partial charge in [-0.3, -0.25) is 9.69 Å². The summed E-state index contributed by atoms with van der Waals surface area (Å²) in [4.78, 5) is 15.9. The number of halogens is 1. The van der Waals surface area contributed by atoms with Crippen molar-refractivity contribution in [1.29, 1.82) is 0 Å². The second kappa shape index (κ2) is 8.05. The molecule has 0 spiro atoms. The number of hydrogen-bond acceptors (Lipinski definition) is 2. The van der Waals surface area contributed by atoms with Crippen LogP contribution in [0.3, 0.4) is 0 Å². The zero-order valence-corrected chi connectivity index (χ0v) is 18.2. The van der Waals surface area contributed by atoms with E-state index >= 15 is 0 Å². The molecule has 31 heavy (non-hydrogen) atoms. The summed E-state index contributed by atoms with van der Waals surface area (Å²) in [6.07, 6.45) is 0. The minimum atomic E-state index is -0.566. The quantitative estimate of drug-likeness (QED) is 0.374. The van der Waals surface area contributed by atoms with E-state index in [4.69, 9.17) is 0 Å². The molecule has 4 aromatic rings. The van der Waals surface area contributed by atoms with Crippen molar-refractivity contribution >= 4 is 27.5 Å². The summed E-state index contributed by atoms with van der Waals surface area (Å²) in [5.41, 5.74) is 4.45. The van der Waals surface area contributed by atoms with Gasteiger partial charge in [-0.1, -0.05) is 94.8 Å². The highest BCUT2D eigenvalue weighted by Gasteiger charge is 2.43. The lowest BCUT2D eigenvalue weighted by Gasteiger charge is -2.30. The van der Waals surface area contributed by atoms with E-state index in [2.05, 4.69) is 40.2 Å². The van der Waals surface area contributed by atoms with Crippen LogP contribution in [-0.4, -0.2) is 11.0 Å². The van der Waals surface area contributed by atoms with Crippen molar-refractivity contribution in [2.45, 2.75) is 12.0 Å².